The first-order valence-electron chi connectivity index (χ1n) is 10.9. The molecule has 6 N–H and O–H groups in total. The van der Waals surface area contributed by atoms with Crippen LogP contribution in [-0.4, -0.2) is 81.0 Å². The van der Waals surface area contributed by atoms with E-state index in [4.69, 9.17) is 26.2 Å². The zero-order valence-corrected chi connectivity index (χ0v) is 18.9. The van der Waals surface area contributed by atoms with Gasteiger partial charge in [0.25, 0.3) is 0 Å². The van der Waals surface area contributed by atoms with E-state index in [1.54, 1.807) is 12.1 Å². The highest BCUT2D eigenvalue weighted by Crippen LogP contribution is 2.28. The summed E-state index contributed by atoms with van der Waals surface area (Å²) in [6, 6.07) is 12.2. The molecule has 2 aromatic rings. The van der Waals surface area contributed by atoms with E-state index in [0.717, 1.165) is 24.2 Å². The van der Waals surface area contributed by atoms with Gasteiger partial charge in [-0.05, 0) is 54.2 Å². The molecule has 33 heavy (non-hydrogen) atoms. The molecule has 5 atom stereocenters. The summed E-state index contributed by atoms with van der Waals surface area (Å²) in [6.07, 6.45) is -5.59. The molecule has 0 amide bonds. The van der Waals surface area contributed by atoms with Gasteiger partial charge in [-0.2, -0.15) is 0 Å². The van der Waals surface area contributed by atoms with Crippen molar-refractivity contribution >= 4 is 11.6 Å². The molecule has 2 aromatic carbocycles. The van der Waals surface area contributed by atoms with Crippen molar-refractivity contribution in [3.8, 4) is 5.75 Å². The van der Waals surface area contributed by atoms with Gasteiger partial charge in [-0.3, -0.25) is 0 Å². The van der Waals surface area contributed by atoms with Crippen molar-refractivity contribution in [2.45, 2.75) is 55.9 Å². The Morgan fingerprint density at radius 3 is 2.21 bits per heavy atom. The highest BCUT2D eigenvalue weighted by atomic mass is 35.5. The summed E-state index contributed by atoms with van der Waals surface area (Å²) in [4.78, 5) is 0. The lowest BCUT2D eigenvalue weighted by Gasteiger charge is -2.28. The number of ether oxygens (including phenoxy) is 2. The van der Waals surface area contributed by atoms with Gasteiger partial charge in [0.05, 0.1) is 19.3 Å². The normalized spacial score (nSPS) is 18.4. The van der Waals surface area contributed by atoms with Crippen molar-refractivity contribution in [1.82, 2.24) is 0 Å². The molecule has 9 heteroatoms. The third-order valence-electron chi connectivity index (χ3n) is 5.56. The molecule has 1 unspecified atom stereocenters. The van der Waals surface area contributed by atoms with Crippen LogP contribution >= 0.6 is 11.6 Å². The van der Waals surface area contributed by atoms with E-state index in [2.05, 4.69) is 0 Å². The van der Waals surface area contributed by atoms with Gasteiger partial charge >= 0.3 is 0 Å². The average molecular weight is 483 g/mol. The van der Waals surface area contributed by atoms with Crippen molar-refractivity contribution in [2.24, 2.45) is 0 Å². The van der Waals surface area contributed by atoms with Crippen LogP contribution in [0, 0.1) is 0 Å². The highest BCUT2D eigenvalue weighted by molar-refractivity contribution is 6.31. The second kappa shape index (κ2) is 12.1. The largest absolute Gasteiger partial charge is 0.491 e. The van der Waals surface area contributed by atoms with Crippen LogP contribution in [0.25, 0.3) is 0 Å². The quantitative estimate of drug-likeness (QED) is 0.232. The van der Waals surface area contributed by atoms with Crippen LogP contribution in [0.2, 0.25) is 5.02 Å². The summed E-state index contributed by atoms with van der Waals surface area (Å²) in [7, 11) is 0. The Morgan fingerprint density at radius 2 is 1.58 bits per heavy atom. The van der Waals surface area contributed by atoms with Gasteiger partial charge in [-0.15, -0.1) is 0 Å². The lowest BCUT2D eigenvalue weighted by Crippen LogP contribution is -2.47. The van der Waals surface area contributed by atoms with Crippen molar-refractivity contribution in [1.29, 1.82) is 0 Å². The van der Waals surface area contributed by atoms with E-state index in [1.165, 1.54) is 6.07 Å². The molecule has 1 aliphatic carbocycles. The first-order chi connectivity index (χ1) is 15.8. The molecule has 8 nitrogen and oxygen atoms in total. The maximum atomic E-state index is 10.5. The standard InChI is InChI=1S/C24H31ClO8/c25-19-8-3-15(21(28)23(30)24(31)22(29)20(27)13-26)12-16(19)11-14-1-4-17(5-2-14)32-9-10-33-18-6-7-18/h1-5,8,12,18,20-24,26-31H,6-7,9-11,13H2/t20-,21?,22-,23+,24+/m1/s1. The molecule has 1 saturated carbocycles. The monoisotopic (exact) mass is 482 g/mol. The number of aliphatic hydroxyl groups excluding tert-OH is 6. The number of hydrogen-bond donors (Lipinski definition) is 6. The fourth-order valence-corrected chi connectivity index (χ4v) is 3.55. The van der Waals surface area contributed by atoms with E-state index >= 15 is 0 Å². The van der Waals surface area contributed by atoms with Crippen LogP contribution in [0.5, 0.6) is 5.75 Å². The van der Waals surface area contributed by atoms with Crippen LogP contribution in [0.15, 0.2) is 42.5 Å². The van der Waals surface area contributed by atoms with Crippen molar-refractivity contribution in [2.75, 3.05) is 19.8 Å². The topological polar surface area (TPSA) is 140 Å². The lowest BCUT2D eigenvalue weighted by atomic mass is 9.93. The highest BCUT2D eigenvalue weighted by Gasteiger charge is 2.34. The van der Waals surface area contributed by atoms with Crippen LogP contribution in [0.4, 0.5) is 0 Å². The molecule has 1 aliphatic rings. The van der Waals surface area contributed by atoms with Crippen LogP contribution in [0.3, 0.4) is 0 Å². The summed E-state index contributed by atoms with van der Waals surface area (Å²) in [5.74, 6) is 0.731. The van der Waals surface area contributed by atoms with Gasteiger partial charge < -0.3 is 40.1 Å². The molecule has 0 spiro atoms. The Hall–Kier alpha value is -1.75. The third-order valence-corrected chi connectivity index (χ3v) is 5.93. The number of rotatable bonds is 13. The Bertz CT molecular complexity index is 873. The molecule has 182 valence electrons. The zero-order valence-electron chi connectivity index (χ0n) is 18.1. The van der Waals surface area contributed by atoms with Gasteiger partial charge in [-0.1, -0.05) is 35.9 Å². The molecule has 0 aromatic heterocycles. The van der Waals surface area contributed by atoms with Crippen molar-refractivity contribution in [3.05, 3.63) is 64.2 Å². The molecular weight excluding hydrogens is 452 g/mol. The molecule has 3 rings (SSSR count). The van der Waals surface area contributed by atoms with Crippen molar-refractivity contribution in [3.63, 3.8) is 0 Å². The fourth-order valence-electron chi connectivity index (χ4n) is 3.37. The molecule has 1 fully saturated rings. The first kappa shape index (κ1) is 25.9. The minimum Gasteiger partial charge on any atom is -0.491 e. The minimum absolute atomic E-state index is 0.280. The van der Waals surface area contributed by atoms with Gasteiger partial charge in [0.1, 0.15) is 42.9 Å². The number of aliphatic hydroxyl groups is 6. The minimum atomic E-state index is -1.87. The van der Waals surface area contributed by atoms with Crippen LogP contribution in [-0.2, 0) is 11.2 Å². The Morgan fingerprint density at radius 1 is 0.879 bits per heavy atom. The predicted molar refractivity (Wildman–Crippen MR) is 121 cm³/mol. The zero-order chi connectivity index (χ0) is 24.0. The SMILES string of the molecule is OC[C@@H](O)[C@@H](O)[C@H](O)[C@@H](O)C(O)c1ccc(Cl)c(Cc2ccc(OCCOC3CC3)cc2)c1. The van der Waals surface area contributed by atoms with E-state index in [0.29, 0.717) is 36.3 Å². The Labute approximate surface area is 197 Å². The maximum absolute atomic E-state index is 10.5. The van der Waals surface area contributed by atoms with E-state index in [9.17, 15) is 25.5 Å². The van der Waals surface area contributed by atoms with Gasteiger partial charge in [0, 0.05) is 5.02 Å². The Balaban J connectivity index is 1.60. The summed E-state index contributed by atoms with van der Waals surface area (Å²) in [5, 5.41) is 59.4. The lowest BCUT2D eigenvalue weighted by molar-refractivity contribution is -0.141. The second-order valence-corrected chi connectivity index (χ2v) is 8.66. The maximum Gasteiger partial charge on any atom is 0.119 e. The smallest absolute Gasteiger partial charge is 0.119 e. The van der Waals surface area contributed by atoms with Gasteiger partial charge in [0.15, 0.2) is 0 Å². The van der Waals surface area contributed by atoms with Crippen molar-refractivity contribution < 1.29 is 40.1 Å². The summed E-state index contributed by atoms with van der Waals surface area (Å²) >= 11 is 6.32. The molecule has 0 bridgehead atoms. The molecule has 0 heterocycles. The summed E-state index contributed by atoms with van der Waals surface area (Å²) < 4.78 is 11.2. The molecular formula is C24H31ClO8. The first-order valence-corrected chi connectivity index (χ1v) is 11.3. The number of benzene rings is 2. The average Bonchev–Trinajstić information content (AvgIpc) is 3.66. The predicted octanol–water partition coefficient (Wildman–Crippen LogP) is 0.958. The Kier molecular flexibility index (Phi) is 9.48. The third kappa shape index (κ3) is 7.37. The number of halogens is 1. The molecule has 0 saturated heterocycles. The summed E-state index contributed by atoms with van der Waals surface area (Å²) in [5.41, 5.74) is 1.92. The second-order valence-electron chi connectivity index (χ2n) is 8.26. The van der Waals surface area contributed by atoms with Gasteiger partial charge in [-0.25, -0.2) is 0 Å². The van der Waals surface area contributed by atoms with E-state index in [1.807, 2.05) is 24.3 Å². The van der Waals surface area contributed by atoms with Gasteiger partial charge in [0.2, 0.25) is 0 Å². The molecule has 0 radical (unpaired) electrons. The van der Waals surface area contributed by atoms with E-state index in [-0.39, 0.29) is 5.56 Å². The summed E-state index contributed by atoms with van der Waals surface area (Å²) in [6.45, 7) is 0.248. The van der Waals surface area contributed by atoms with E-state index < -0.39 is 37.1 Å². The number of hydrogen-bond acceptors (Lipinski definition) is 8. The van der Waals surface area contributed by atoms with Crippen LogP contribution in [0.1, 0.15) is 35.6 Å². The molecule has 0 aliphatic heterocycles. The fraction of sp³-hybridized carbons (Fsp3) is 0.500. The van der Waals surface area contributed by atoms with Crippen LogP contribution < -0.4 is 4.74 Å².